The topological polar surface area (TPSA) is 71.5 Å². The molecule has 0 heterocycles. The third-order valence-electron chi connectivity index (χ3n) is 4.95. The molecule has 1 aromatic rings. The first kappa shape index (κ1) is 24.9. The summed E-state index contributed by atoms with van der Waals surface area (Å²) in [5.41, 5.74) is -5.19. The van der Waals surface area contributed by atoms with Gasteiger partial charge in [-0.1, -0.05) is 57.4 Å². The molecule has 1 aromatic carbocycles. The Morgan fingerprint density at radius 1 is 0.929 bits per heavy atom. The number of sulfonamides is 2. The molecule has 0 bridgehead atoms. The first-order valence-electron chi connectivity index (χ1n) is 8.68. The lowest BCUT2D eigenvalue weighted by Gasteiger charge is -2.40. The maximum Gasteiger partial charge on any atom is 0.512 e. The van der Waals surface area contributed by atoms with Gasteiger partial charge in [-0.25, -0.2) is 16.8 Å². The number of hydrogen-bond acceptors (Lipinski definition) is 4. The minimum atomic E-state index is -6.01. The summed E-state index contributed by atoms with van der Waals surface area (Å²) in [7, 11) is -10.5. The monoisotopic (exact) mass is 443 g/mol. The summed E-state index contributed by atoms with van der Waals surface area (Å²) >= 11 is 0. The summed E-state index contributed by atoms with van der Waals surface area (Å²) in [6, 6.07) is 5.37. The van der Waals surface area contributed by atoms with Crippen molar-refractivity contribution in [3.8, 4) is 0 Å². The summed E-state index contributed by atoms with van der Waals surface area (Å²) in [6.45, 7) is 12.4. The molecule has 1 atom stereocenters. The molecule has 0 saturated carbocycles. The fourth-order valence-electron chi connectivity index (χ4n) is 3.17. The summed E-state index contributed by atoms with van der Waals surface area (Å²) in [6.07, 6.45) is 0.798. The Kier molecular flexibility index (Phi) is 6.76. The molecule has 0 radical (unpaired) electrons. The molecule has 0 N–H and O–H groups in total. The van der Waals surface area contributed by atoms with Crippen molar-refractivity contribution >= 4 is 20.0 Å². The second-order valence-electron chi connectivity index (χ2n) is 8.67. The maximum absolute atomic E-state index is 12.7. The molecule has 0 fully saturated rings. The van der Waals surface area contributed by atoms with E-state index in [1.165, 1.54) is 12.1 Å². The Hall–Kier alpha value is -1.13. The lowest BCUT2D eigenvalue weighted by atomic mass is 9.65. The highest BCUT2D eigenvalue weighted by Crippen LogP contribution is 2.42. The molecule has 5 nitrogen and oxygen atoms in total. The van der Waals surface area contributed by atoms with Crippen LogP contribution < -0.4 is 0 Å². The van der Waals surface area contributed by atoms with Gasteiger partial charge in [0, 0.05) is 7.05 Å². The maximum atomic E-state index is 12.7. The van der Waals surface area contributed by atoms with Crippen molar-refractivity contribution in [1.29, 1.82) is 0 Å². The Morgan fingerprint density at radius 3 is 1.68 bits per heavy atom. The molecule has 28 heavy (non-hydrogen) atoms. The predicted molar refractivity (Wildman–Crippen MR) is 103 cm³/mol. The SMILES string of the molecule is CC(C)C(C)(CC(C)(C)C)c1ccc(S(=O)(=O)N(C)S(=O)(=O)C(F)(F)F)cc1. The summed E-state index contributed by atoms with van der Waals surface area (Å²) in [5.74, 6) is 0.211. The van der Waals surface area contributed by atoms with Gasteiger partial charge in [-0.3, -0.25) is 0 Å². The van der Waals surface area contributed by atoms with Crippen molar-refractivity contribution in [1.82, 2.24) is 3.71 Å². The average Bonchev–Trinajstić information content (AvgIpc) is 2.51. The zero-order valence-electron chi connectivity index (χ0n) is 17.1. The molecule has 0 spiro atoms. The van der Waals surface area contributed by atoms with Crippen LogP contribution >= 0.6 is 0 Å². The van der Waals surface area contributed by atoms with E-state index in [-0.39, 0.29) is 16.7 Å². The highest BCUT2D eigenvalue weighted by molar-refractivity contribution is 8.04. The van der Waals surface area contributed by atoms with Crippen LogP contribution in [-0.2, 0) is 25.5 Å². The lowest BCUT2D eigenvalue weighted by molar-refractivity contribution is -0.0465. The van der Waals surface area contributed by atoms with Gasteiger partial charge in [0.25, 0.3) is 10.0 Å². The molecule has 0 aliphatic heterocycles. The van der Waals surface area contributed by atoms with E-state index in [1.807, 2.05) is 20.8 Å². The van der Waals surface area contributed by atoms with Crippen LogP contribution in [0.3, 0.4) is 0 Å². The third kappa shape index (κ3) is 4.88. The summed E-state index contributed by atoms with van der Waals surface area (Å²) < 4.78 is 85.2. The van der Waals surface area contributed by atoms with Gasteiger partial charge in [0.2, 0.25) is 0 Å². The van der Waals surface area contributed by atoms with Crippen LogP contribution in [0.25, 0.3) is 0 Å². The van der Waals surface area contributed by atoms with Crippen LogP contribution in [0.2, 0.25) is 0 Å². The van der Waals surface area contributed by atoms with Crippen molar-refractivity contribution in [3.63, 3.8) is 0 Å². The van der Waals surface area contributed by atoms with Gasteiger partial charge in [0.15, 0.2) is 0 Å². The van der Waals surface area contributed by atoms with Gasteiger partial charge in [-0.2, -0.15) is 13.2 Å². The standard InChI is InChI=1S/C18H28F3NO4S2/c1-13(2)17(6,12-16(3,4)5)14-8-10-15(11-9-14)27(23,24)22(7)28(25,26)18(19,20)21/h8-11,13H,12H2,1-7H3. The second kappa shape index (κ2) is 7.60. The Bertz CT molecular complexity index is 900. The second-order valence-corrected chi connectivity index (χ2v) is 12.8. The van der Waals surface area contributed by atoms with Crippen molar-refractivity contribution < 1.29 is 30.0 Å². The molecule has 0 aromatic heterocycles. The fourth-order valence-corrected chi connectivity index (χ4v) is 5.79. The average molecular weight is 444 g/mol. The fraction of sp³-hybridized carbons (Fsp3) is 0.667. The van der Waals surface area contributed by atoms with Crippen molar-refractivity contribution in [3.05, 3.63) is 29.8 Å². The van der Waals surface area contributed by atoms with Gasteiger partial charge < -0.3 is 0 Å². The zero-order valence-corrected chi connectivity index (χ0v) is 18.8. The summed E-state index contributed by atoms with van der Waals surface area (Å²) in [5, 5.41) is 0. The van der Waals surface area contributed by atoms with Gasteiger partial charge in [-0.15, -0.1) is 0 Å². The Balaban J connectivity index is 3.39. The number of halogens is 3. The van der Waals surface area contributed by atoms with E-state index < -0.39 is 34.2 Å². The first-order chi connectivity index (χ1) is 12.3. The molecule has 0 amide bonds. The van der Waals surface area contributed by atoms with Crippen LogP contribution in [0.5, 0.6) is 0 Å². The normalized spacial score (nSPS) is 16.4. The quantitative estimate of drug-likeness (QED) is 0.649. The molecular weight excluding hydrogens is 415 g/mol. The third-order valence-corrected chi connectivity index (χ3v) is 8.94. The van der Waals surface area contributed by atoms with Crippen molar-refractivity contribution in [2.75, 3.05) is 7.05 Å². The van der Waals surface area contributed by atoms with E-state index in [0.29, 0.717) is 7.05 Å². The number of alkyl halides is 3. The van der Waals surface area contributed by atoms with E-state index in [2.05, 4.69) is 20.8 Å². The van der Waals surface area contributed by atoms with E-state index in [9.17, 15) is 30.0 Å². The molecular formula is C18H28F3NO4S2. The molecule has 0 aliphatic rings. The number of nitrogens with zero attached hydrogens (tertiary/aromatic N) is 1. The minimum Gasteiger partial charge on any atom is -0.206 e. The first-order valence-corrected chi connectivity index (χ1v) is 11.6. The molecule has 0 saturated heterocycles. The van der Waals surface area contributed by atoms with Crippen LogP contribution in [0.4, 0.5) is 13.2 Å². The Labute approximate surface area is 166 Å². The smallest absolute Gasteiger partial charge is 0.206 e. The minimum absolute atomic E-state index is 0.00915. The van der Waals surface area contributed by atoms with Crippen molar-refractivity contribution in [2.24, 2.45) is 11.3 Å². The van der Waals surface area contributed by atoms with Gasteiger partial charge >= 0.3 is 15.5 Å². The summed E-state index contributed by atoms with van der Waals surface area (Å²) in [4.78, 5) is -0.520. The molecule has 10 heteroatoms. The highest BCUT2D eigenvalue weighted by Gasteiger charge is 2.52. The van der Waals surface area contributed by atoms with Crippen LogP contribution in [0.1, 0.15) is 53.5 Å². The van der Waals surface area contributed by atoms with Gasteiger partial charge in [0.1, 0.15) is 0 Å². The van der Waals surface area contributed by atoms with E-state index in [1.54, 1.807) is 0 Å². The molecule has 1 rings (SSSR count). The van der Waals surface area contributed by atoms with Crippen LogP contribution in [0, 0.1) is 11.3 Å². The van der Waals surface area contributed by atoms with Crippen LogP contribution in [-0.4, -0.2) is 33.1 Å². The van der Waals surface area contributed by atoms with Crippen molar-refractivity contribution in [2.45, 2.75) is 63.8 Å². The van der Waals surface area contributed by atoms with Crippen LogP contribution in [0.15, 0.2) is 29.2 Å². The number of hydrogen-bond donors (Lipinski definition) is 0. The van der Waals surface area contributed by atoms with Gasteiger partial charge in [0.05, 0.1) is 4.90 Å². The number of rotatable bonds is 6. The molecule has 0 aliphatic carbocycles. The largest absolute Gasteiger partial charge is 0.512 e. The molecule has 162 valence electrons. The zero-order chi connectivity index (χ0) is 22.3. The molecule has 1 unspecified atom stereocenters. The van der Waals surface area contributed by atoms with E-state index >= 15 is 0 Å². The number of benzene rings is 1. The lowest BCUT2D eigenvalue weighted by Crippen LogP contribution is -2.41. The van der Waals surface area contributed by atoms with E-state index in [0.717, 1.165) is 24.1 Å². The Morgan fingerprint density at radius 2 is 1.36 bits per heavy atom. The predicted octanol–water partition coefficient (Wildman–Crippen LogP) is 4.51. The van der Waals surface area contributed by atoms with E-state index in [4.69, 9.17) is 0 Å². The highest BCUT2D eigenvalue weighted by atomic mass is 32.3. The van der Waals surface area contributed by atoms with Gasteiger partial charge in [-0.05, 0) is 40.9 Å².